The largest absolute Gasteiger partial charge is 0.405 e. The molecule has 0 bridgehead atoms. The number of amides is 1. The second kappa shape index (κ2) is 12.0. The molecule has 9 nitrogen and oxygen atoms in total. The van der Waals surface area contributed by atoms with E-state index in [9.17, 15) is 14.9 Å². The van der Waals surface area contributed by atoms with Gasteiger partial charge in [0.1, 0.15) is 0 Å². The minimum atomic E-state index is -0.398. The zero-order valence-corrected chi connectivity index (χ0v) is 20.1. The van der Waals surface area contributed by atoms with Crippen LogP contribution >= 0.6 is 11.6 Å². The van der Waals surface area contributed by atoms with Crippen LogP contribution in [0.3, 0.4) is 0 Å². The third-order valence-electron chi connectivity index (χ3n) is 6.35. The first-order valence-electron chi connectivity index (χ1n) is 11.5. The maximum atomic E-state index is 13.1. The highest BCUT2D eigenvalue weighted by Gasteiger charge is 2.31. The summed E-state index contributed by atoms with van der Waals surface area (Å²) in [5.41, 5.74) is 13.4. The minimum absolute atomic E-state index is 0.0297. The van der Waals surface area contributed by atoms with Gasteiger partial charge in [-0.3, -0.25) is 24.7 Å². The highest BCUT2D eigenvalue weighted by molar-refractivity contribution is 6.30. The van der Waals surface area contributed by atoms with Gasteiger partial charge in [0.2, 0.25) is 5.91 Å². The molecule has 34 heavy (non-hydrogen) atoms. The molecule has 2 heterocycles. The predicted molar refractivity (Wildman–Crippen MR) is 134 cm³/mol. The summed E-state index contributed by atoms with van der Waals surface area (Å²) in [5.74, 6) is 0.242. The zero-order valence-electron chi connectivity index (χ0n) is 19.4. The standard InChI is InChI=1S/C24H33ClN6O3/c1-18(27)14-19(4-7-26)16-28-8-5-20(6-9-28)24(32)30-12-10-29(11-13-30)17-21-2-3-22(25)15-23(21)31(33)34/h2-4,7,14-15,20H,1,5-6,8-13,16-17,26-27H2/b7-4-,19-14+. The lowest BCUT2D eigenvalue weighted by molar-refractivity contribution is -0.385. The average molecular weight is 489 g/mol. The van der Waals surface area contributed by atoms with E-state index in [1.807, 2.05) is 17.1 Å². The summed E-state index contributed by atoms with van der Waals surface area (Å²) in [4.78, 5) is 30.4. The van der Waals surface area contributed by atoms with Crippen LogP contribution in [-0.2, 0) is 11.3 Å². The van der Waals surface area contributed by atoms with Crippen molar-refractivity contribution < 1.29 is 9.72 Å². The Morgan fingerprint density at radius 2 is 1.85 bits per heavy atom. The quantitative estimate of drug-likeness (QED) is 0.327. The molecule has 2 fully saturated rings. The fraction of sp³-hybridized carbons (Fsp3) is 0.458. The van der Waals surface area contributed by atoms with E-state index in [-0.39, 0.29) is 17.5 Å². The summed E-state index contributed by atoms with van der Waals surface area (Å²) < 4.78 is 0. The smallest absolute Gasteiger partial charge is 0.275 e. The first-order valence-corrected chi connectivity index (χ1v) is 11.8. The second-order valence-electron chi connectivity index (χ2n) is 8.84. The van der Waals surface area contributed by atoms with Gasteiger partial charge in [-0.15, -0.1) is 0 Å². The monoisotopic (exact) mass is 488 g/mol. The van der Waals surface area contributed by atoms with Crippen molar-refractivity contribution in [2.24, 2.45) is 17.4 Å². The first kappa shape index (κ1) is 25.7. The van der Waals surface area contributed by atoms with Gasteiger partial charge in [0.15, 0.2) is 0 Å². The maximum Gasteiger partial charge on any atom is 0.275 e. The lowest BCUT2D eigenvalue weighted by Crippen LogP contribution is -2.51. The Morgan fingerprint density at radius 3 is 2.44 bits per heavy atom. The molecule has 0 saturated carbocycles. The van der Waals surface area contributed by atoms with Crippen LogP contribution in [0.15, 0.2) is 54.4 Å². The number of allylic oxidation sites excluding steroid dienone is 1. The van der Waals surface area contributed by atoms with E-state index in [2.05, 4.69) is 16.4 Å². The number of piperidine rings is 1. The molecule has 2 aliphatic heterocycles. The summed E-state index contributed by atoms with van der Waals surface area (Å²) in [5, 5.41) is 11.7. The van der Waals surface area contributed by atoms with E-state index in [0.717, 1.165) is 38.0 Å². The van der Waals surface area contributed by atoms with Crippen LogP contribution in [-0.4, -0.2) is 71.3 Å². The topological polar surface area (TPSA) is 122 Å². The van der Waals surface area contributed by atoms with Crippen molar-refractivity contribution in [1.29, 1.82) is 0 Å². The summed E-state index contributed by atoms with van der Waals surface area (Å²) in [7, 11) is 0. The summed E-state index contributed by atoms with van der Waals surface area (Å²) in [6.07, 6.45) is 6.78. The molecule has 10 heteroatoms. The van der Waals surface area contributed by atoms with Crippen molar-refractivity contribution in [2.75, 3.05) is 45.8 Å². The molecule has 0 aromatic heterocycles. The molecule has 0 radical (unpaired) electrons. The van der Waals surface area contributed by atoms with Crippen LogP contribution < -0.4 is 11.5 Å². The lowest BCUT2D eigenvalue weighted by Gasteiger charge is -2.38. The van der Waals surface area contributed by atoms with E-state index in [0.29, 0.717) is 49.0 Å². The third kappa shape index (κ3) is 7.06. The normalized spacial score (nSPS) is 19.0. The Labute approximate surface area is 205 Å². The zero-order chi connectivity index (χ0) is 24.7. The molecule has 184 valence electrons. The molecule has 2 saturated heterocycles. The number of hydrogen-bond acceptors (Lipinski definition) is 7. The predicted octanol–water partition coefficient (Wildman–Crippen LogP) is 2.48. The van der Waals surface area contributed by atoms with Crippen LogP contribution in [0.1, 0.15) is 18.4 Å². The lowest BCUT2D eigenvalue weighted by atomic mass is 9.94. The van der Waals surface area contributed by atoms with Gasteiger partial charge in [-0.1, -0.05) is 18.2 Å². The number of benzene rings is 1. The van der Waals surface area contributed by atoms with Crippen LogP contribution in [0.2, 0.25) is 5.02 Å². The van der Waals surface area contributed by atoms with Crippen LogP contribution in [0, 0.1) is 16.0 Å². The van der Waals surface area contributed by atoms with Gasteiger partial charge in [-0.2, -0.15) is 0 Å². The summed E-state index contributed by atoms with van der Waals surface area (Å²) in [6, 6.07) is 4.77. The van der Waals surface area contributed by atoms with Gasteiger partial charge in [0, 0.05) is 67.5 Å². The number of likely N-dealkylation sites (tertiary alicyclic amines) is 1. The van der Waals surface area contributed by atoms with Crippen LogP contribution in [0.25, 0.3) is 0 Å². The molecule has 1 aromatic carbocycles. The number of nitro benzene ring substituents is 1. The van der Waals surface area contributed by atoms with Gasteiger partial charge in [-0.25, -0.2) is 0 Å². The van der Waals surface area contributed by atoms with E-state index >= 15 is 0 Å². The van der Waals surface area contributed by atoms with Crippen LogP contribution in [0.4, 0.5) is 5.69 Å². The Balaban J connectivity index is 1.47. The Hall–Kier alpha value is -2.88. The molecule has 4 N–H and O–H groups in total. The number of rotatable bonds is 8. The van der Waals surface area contributed by atoms with E-state index in [4.69, 9.17) is 23.1 Å². The van der Waals surface area contributed by atoms with Gasteiger partial charge < -0.3 is 16.4 Å². The molecule has 0 aliphatic carbocycles. The Kier molecular flexibility index (Phi) is 9.09. The average Bonchev–Trinajstić information content (AvgIpc) is 2.80. The molecule has 2 aliphatic rings. The van der Waals surface area contributed by atoms with Crippen molar-refractivity contribution in [1.82, 2.24) is 14.7 Å². The fourth-order valence-corrected chi connectivity index (χ4v) is 4.74. The van der Waals surface area contributed by atoms with Crippen molar-refractivity contribution in [3.05, 3.63) is 75.1 Å². The molecule has 0 atom stereocenters. The van der Waals surface area contributed by atoms with Crippen molar-refractivity contribution in [3.8, 4) is 0 Å². The second-order valence-corrected chi connectivity index (χ2v) is 9.27. The molecule has 1 aromatic rings. The van der Waals surface area contributed by atoms with Gasteiger partial charge >= 0.3 is 0 Å². The fourth-order valence-electron chi connectivity index (χ4n) is 4.57. The Bertz CT molecular complexity index is 963. The number of hydrogen-bond donors (Lipinski definition) is 2. The first-order chi connectivity index (χ1) is 16.3. The number of nitro groups is 1. The van der Waals surface area contributed by atoms with Crippen molar-refractivity contribution in [2.45, 2.75) is 19.4 Å². The number of nitrogens with zero attached hydrogens (tertiary/aromatic N) is 4. The molecule has 0 unspecified atom stereocenters. The highest BCUT2D eigenvalue weighted by Crippen LogP contribution is 2.26. The molecule has 3 rings (SSSR count). The Morgan fingerprint density at radius 1 is 1.18 bits per heavy atom. The molecule has 0 spiro atoms. The third-order valence-corrected chi connectivity index (χ3v) is 6.58. The van der Waals surface area contributed by atoms with Crippen molar-refractivity contribution in [3.63, 3.8) is 0 Å². The SMILES string of the molecule is C=C(N)/C=C(\C=C/N)CN1CCC(C(=O)N2CCN(Cc3ccc(Cl)cc3[N+](=O)[O-])CC2)CC1. The van der Waals surface area contributed by atoms with Gasteiger partial charge in [0.25, 0.3) is 5.69 Å². The minimum Gasteiger partial charge on any atom is -0.405 e. The number of carbonyl (C=O) groups excluding carboxylic acids is 1. The molecular weight excluding hydrogens is 456 g/mol. The van der Waals surface area contributed by atoms with Gasteiger partial charge in [-0.05, 0) is 62.0 Å². The van der Waals surface area contributed by atoms with Crippen molar-refractivity contribution >= 4 is 23.2 Å². The van der Waals surface area contributed by atoms with E-state index < -0.39 is 4.92 Å². The van der Waals surface area contributed by atoms with Gasteiger partial charge in [0.05, 0.1) is 4.92 Å². The molecular formula is C24H33ClN6O3. The van der Waals surface area contributed by atoms with E-state index in [1.54, 1.807) is 12.1 Å². The highest BCUT2D eigenvalue weighted by atomic mass is 35.5. The number of nitrogens with two attached hydrogens (primary N) is 2. The number of piperazine rings is 1. The number of halogens is 1. The number of carbonyl (C=O) groups is 1. The van der Waals surface area contributed by atoms with E-state index in [1.165, 1.54) is 12.3 Å². The maximum absolute atomic E-state index is 13.1. The van der Waals surface area contributed by atoms with Crippen LogP contribution in [0.5, 0.6) is 0 Å². The molecule has 1 amide bonds. The summed E-state index contributed by atoms with van der Waals surface area (Å²) >= 11 is 5.91. The summed E-state index contributed by atoms with van der Waals surface area (Å²) in [6.45, 7) is 9.22.